The highest BCUT2D eigenvalue weighted by molar-refractivity contribution is 7.98. The van der Waals surface area contributed by atoms with Gasteiger partial charge in [-0.1, -0.05) is 12.8 Å². The Morgan fingerprint density at radius 2 is 2.16 bits per heavy atom. The Hall–Kier alpha value is -0.220. The number of amides is 1. The lowest BCUT2D eigenvalue weighted by molar-refractivity contribution is -0.142. The molecule has 3 nitrogen and oxygen atoms in total. The Bertz CT molecular complexity index is 303. The summed E-state index contributed by atoms with van der Waals surface area (Å²) in [6.07, 6.45) is 8.80. The van der Waals surface area contributed by atoms with Crippen LogP contribution < -0.4 is 0 Å². The fourth-order valence-electron chi connectivity index (χ4n) is 3.64. The molecular formula is C15H27NO2S. The largest absolute Gasteiger partial charge is 0.385 e. The molecule has 1 atom stereocenters. The number of nitrogens with zero attached hydrogens (tertiary/aromatic N) is 1. The number of hydrogen-bond acceptors (Lipinski definition) is 3. The molecule has 0 aromatic carbocycles. The van der Waals surface area contributed by atoms with Crippen LogP contribution in [0.3, 0.4) is 0 Å². The summed E-state index contributed by atoms with van der Waals surface area (Å²) < 4.78 is 5.23. The average Bonchev–Trinajstić information content (AvgIpc) is 3.06. The van der Waals surface area contributed by atoms with Crippen LogP contribution in [0.4, 0.5) is 0 Å². The molecule has 1 amide bonds. The van der Waals surface area contributed by atoms with Gasteiger partial charge in [-0.2, -0.15) is 11.8 Å². The van der Waals surface area contributed by atoms with Crippen molar-refractivity contribution in [2.24, 2.45) is 11.3 Å². The standard InChI is InChI=1S/C15H27NO2S/c1-18-10-8-15(6-3-4-7-15)14(17)16-9-5-13(11-16)12-19-2/h13H,3-12H2,1-2H3/t13-/m0/s1. The third-order valence-corrected chi connectivity index (χ3v) is 5.58. The Morgan fingerprint density at radius 1 is 1.42 bits per heavy atom. The highest BCUT2D eigenvalue weighted by Crippen LogP contribution is 2.43. The van der Waals surface area contributed by atoms with Crippen molar-refractivity contribution in [2.75, 3.05) is 38.8 Å². The summed E-state index contributed by atoms with van der Waals surface area (Å²) in [5, 5.41) is 0. The van der Waals surface area contributed by atoms with Gasteiger partial charge in [-0.05, 0) is 43.6 Å². The molecule has 0 radical (unpaired) electrons. The van der Waals surface area contributed by atoms with Crippen molar-refractivity contribution in [1.29, 1.82) is 0 Å². The Balaban J connectivity index is 1.96. The smallest absolute Gasteiger partial charge is 0.228 e. The fourth-order valence-corrected chi connectivity index (χ4v) is 4.39. The molecule has 19 heavy (non-hydrogen) atoms. The van der Waals surface area contributed by atoms with E-state index in [0.29, 0.717) is 18.4 Å². The molecule has 0 spiro atoms. The Kier molecular flexibility index (Phi) is 5.58. The normalized spacial score (nSPS) is 26.0. The quantitative estimate of drug-likeness (QED) is 0.751. The van der Waals surface area contributed by atoms with Gasteiger partial charge in [0.25, 0.3) is 0 Å². The molecule has 0 aromatic rings. The first kappa shape index (κ1) is 15.2. The molecule has 0 N–H and O–H groups in total. The van der Waals surface area contributed by atoms with E-state index >= 15 is 0 Å². The van der Waals surface area contributed by atoms with Crippen molar-refractivity contribution >= 4 is 17.7 Å². The lowest BCUT2D eigenvalue weighted by Gasteiger charge is -2.32. The first-order chi connectivity index (χ1) is 9.22. The van der Waals surface area contributed by atoms with E-state index in [1.54, 1.807) is 7.11 Å². The van der Waals surface area contributed by atoms with Gasteiger partial charge < -0.3 is 9.64 Å². The van der Waals surface area contributed by atoms with Gasteiger partial charge in [0.15, 0.2) is 0 Å². The van der Waals surface area contributed by atoms with Crippen molar-refractivity contribution in [3.8, 4) is 0 Å². The first-order valence-electron chi connectivity index (χ1n) is 7.49. The van der Waals surface area contributed by atoms with Gasteiger partial charge in [0.2, 0.25) is 5.91 Å². The van der Waals surface area contributed by atoms with E-state index in [1.807, 2.05) is 11.8 Å². The first-order valence-corrected chi connectivity index (χ1v) is 8.88. The van der Waals surface area contributed by atoms with E-state index in [9.17, 15) is 4.79 Å². The van der Waals surface area contributed by atoms with Crippen molar-refractivity contribution in [2.45, 2.75) is 38.5 Å². The number of ether oxygens (including phenoxy) is 1. The molecule has 2 rings (SSSR count). The van der Waals surface area contributed by atoms with Gasteiger partial charge in [-0.3, -0.25) is 4.79 Å². The number of carbonyl (C=O) groups is 1. The van der Waals surface area contributed by atoms with Gasteiger partial charge in [0.05, 0.1) is 5.41 Å². The summed E-state index contributed by atoms with van der Waals surface area (Å²) in [5.41, 5.74) is -0.0930. The number of carbonyl (C=O) groups excluding carboxylic acids is 1. The second-order valence-corrected chi connectivity index (χ2v) is 7.00. The predicted molar refractivity (Wildman–Crippen MR) is 80.5 cm³/mol. The zero-order chi connectivity index (χ0) is 13.7. The number of rotatable bonds is 6. The number of hydrogen-bond donors (Lipinski definition) is 0. The van der Waals surface area contributed by atoms with E-state index in [1.165, 1.54) is 25.0 Å². The molecule has 1 aliphatic heterocycles. The molecule has 0 unspecified atom stereocenters. The molecule has 4 heteroatoms. The molecule has 1 heterocycles. The van der Waals surface area contributed by atoms with Crippen molar-refractivity contribution in [1.82, 2.24) is 4.90 Å². The molecule has 0 aromatic heterocycles. The lowest BCUT2D eigenvalue weighted by atomic mass is 9.81. The second kappa shape index (κ2) is 6.98. The van der Waals surface area contributed by atoms with Crippen LogP contribution in [0, 0.1) is 11.3 Å². The van der Waals surface area contributed by atoms with Gasteiger partial charge in [-0.15, -0.1) is 0 Å². The highest BCUT2D eigenvalue weighted by atomic mass is 32.2. The van der Waals surface area contributed by atoms with Gasteiger partial charge in [-0.25, -0.2) is 0 Å². The summed E-state index contributed by atoms with van der Waals surface area (Å²) in [6.45, 7) is 2.67. The number of likely N-dealkylation sites (tertiary alicyclic amines) is 1. The molecule has 1 aliphatic carbocycles. The lowest BCUT2D eigenvalue weighted by Crippen LogP contribution is -2.42. The summed E-state index contributed by atoms with van der Waals surface area (Å²) in [6, 6.07) is 0. The molecule has 110 valence electrons. The molecule has 0 bridgehead atoms. The van der Waals surface area contributed by atoms with E-state index in [0.717, 1.165) is 32.4 Å². The van der Waals surface area contributed by atoms with Crippen LogP contribution in [0.5, 0.6) is 0 Å². The average molecular weight is 285 g/mol. The maximum atomic E-state index is 12.9. The van der Waals surface area contributed by atoms with Crippen LogP contribution in [-0.4, -0.2) is 49.6 Å². The maximum absolute atomic E-state index is 12.9. The van der Waals surface area contributed by atoms with Crippen molar-refractivity contribution in [3.05, 3.63) is 0 Å². The van der Waals surface area contributed by atoms with Gasteiger partial charge in [0.1, 0.15) is 0 Å². The molecular weight excluding hydrogens is 258 g/mol. The SMILES string of the molecule is COCCC1(C(=O)N2CC[C@H](CSC)C2)CCCC1. The summed E-state index contributed by atoms with van der Waals surface area (Å²) in [4.78, 5) is 15.0. The van der Waals surface area contributed by atoms with Gasteiger partial charge in [0, 0.05) is 26.8 Å². The van der Waals surface area contributed by atoms with E-state index in [-0.39, 0.29) is 5.41 Å². The summed E-state index contributed by atoms with van der Waals surface area (Å²) >= 11 is 1.90. The fraction of sp³-hybridized carbons (Fsp3) is 0.933. The van der Waals surface area contributed by atoms with E-state index in [2.05, 4.69) is 11.2 Å². The molecule has 1 saturated carbocycles. The summed E-state index contributed by atoms with van der Waals surface area (Å²) in [7, 11) is 1.73. The zero-order valence-corrected chi connectivity index (χ0v) is 13.1. The Labute approximate surface area is 121 Å². The van der Waals surface area contributed by atoms with Crippen LogP contribution in [0.15, 0.2) is 0 Å². The maximum Gasteiger partial charge on any atom is 0.228 e. The molecule has 1 saturated heterocycles. The van der Waals surface area contributed by atoms with Crippen LogP contribution >= 0.6 is 11.8 Å². The van der Waals surface area contributed by atoms with Crippen LogP contribution in [-0.2, 0) is 9.53 Å². The third kappa shape index (κ3) is 3.46. The minimum absolute atomic E-state index is 0.0930. The van der Waals surface area contributed by atoms with Crippen LogP contribution in [0.25, 0.3) is 0 Å². The summed E-state index contributed by atoms with van der Waals surface area (Å²) in [5.74, 6) is 2.32. The Morgan fingerprint density at radius 3 is 2.79 bits per heavy atom. The van der Waals surface area contributed by atoms with E-state index in [4.69, 9.17) is 4.74 Å². The number of methoxy groups -OCH3 is 1. The number of thioether (sulfide) groups is 1. The predicted octanol–water partition coefficient (Wildman–Crippen LogP) is 2.79. The zero-order valence-electron chi connectivity index (χ0n) is 12.3. The monoisotopic (exact) mass is 285 g/mol. The van der Waals surface area contributed by atoms with Crippen molar-refractivity contribution < 1.29 is 9.53 Å². The minimum Gasteiger partial charge on any atom is -0.385 e. The minimum atomic E-state index is -0.0930. The van der Waals surface area contributed by atoms with Crippen LogP contribution in [0.2, 0.25) is 0 Å². The second-order valence-electron chi connectivity index (χ2n) is 6.09. The molecule has 2 aliphatic rings. The van der Waals surface area contributed by atoms with Gasteiger partial charge >= 0.3 is 0 Å². The molecule has 2 fully saturated rings. The topological polar surface area (TPSA) is 29.5 Å². The van der Waals surface area contributed by atoms with Crippen molar-refractivity contribution in [3.63, 3.8) is 0 Å². The van der Waals surface area contributed by atoms with Crippen LogP contribution in [0.1, 0.15) is 38.5 Å². The highest BCUT2D eigenvalue weighted by Gasteiger charge is 2.44. The van der Waals surface area contributed by atoms with E-state index < -0.39 is 0 Å². The third-order valence-electron chi connectivity index (χ3n) is 4.77.